The molecule has 0 saturated carbocycles. The molecular weight excluding hydrogens is 505 g/mol. The van der Waals surface area contributed by atoms with Gasteiger partial charge in [0.1, 0.15) is 5.75 Å². The van der Waals surface area contributed by atoms with Crippen molar-refractivity contribution in [2.75, 3.05) is 58.3 Å². The third-order valence-corrected chi connectivity index (χ3v) is 5.25. The molecule has 2 N–H and O–H groups in total. The first-order chi connectivity index (χ1) is 14.7. The summed E-state index contributed by atoms with van der Waals surface area (Å²) in [6.07, 6.45) is 0.861. The Hall–Kier alpha value is -2.49. The molecule has 0 radical (unpaired) electrons. The molecule has 0 spiro atoms. The van der Waals surface area contributed by atoms with Crippen molar-refractivity contribution >= 4 is 41.5 Å². The van der Waals surface area contributed by atoms with Crippen molar-refractivity contribution < 1.29 is 9.53 Å². The maximum absolute atomic E-state index is 12.6. The minimum absolute atomic E-state index is 0. The Kier molecular flexibility index (Phi) is 10.4. The van der Waals surface area contributed by atoms with Gasteiger partial charge in [0, 0.05) is 45.5 Å². The number of nitrogens with zero attached hydrogens (tertiary/aromatic N) is 3. The Morgan fingerprint density at radius 3 is 2.29 bits per heavy atom. The Balaban J connectivity index is 0.00000341. The van der Waals surface area contributed by atoms with Crippen LogP contribution >= 0.6 is 24.0 Å². The molecule has 2 aromatic rings. The van der Waals surface area contributed by atoms with Crippen molar-refractivity contribution in [3.8, 4) is 5.75 Å². The van der Waals surface area contributed by atoms with Crippen LogP contribution in [0.2, 0.25) is 0 Å². The minimum Gasteiger partial charge on any atom is -0.497 e. The van der Waals surface area contributed by atoms with Gasteiger partial charge in [0.15, 0.2) is 5.96 Å². The van der Waals surface area contributed by atoms with Crippen LogP contribution in [0.15, 0.2) is 59.6 Å². The molecule has 1 saturated heterocycles. The zero-order valence-electron chi connectivity index (χ0n) is 18.2. The number of carbonyl (C=O) groups excluding carboxylic acids is 1. The first kappa shape index (κ1) is 24.8. The number of ether oxygens (including phenoxy) is 1. The number of nitrogens with one attached hydrogen (secondary N) is 2. The van der Waals surface area contributed by atoms with Gasteiger partial charge < -0.3 is 25.2 Å². The van der Waals surface area contributed by atoms with E-state index in [-0.39, 0.29) is 36.4 Å². The largest absolute Gasteiger partial charge is 0.497 e. The van der Waals surface area contributed by atoms with Crippen molar-refractivity contribution in [2.45, 2.75) is 6.42 Å². The zero-order valence-corrected chi connectivity index (χ0v) is 20.5. The van der Waals surface area contributed by atoms with E-state index >= 15 is 0 Å². The van der Waals surface area contributed by atoms with Crippen molar-refractivity contribution in [3.63, 3.8) is 0 Å². The maximum Gasteiger partial charge on any atom is 0.242 e. The highest BCUT2D eigenvalue weighted by Crippen LogP contribution is 2.15. The Labute approximate surface area is 201 Å². The van der Waals surface area contributed by atoms with Crippen LogP contribution in [-0.2, 0) is 11.2 Å². The SMILES string of the molecule is CN=C(NCCc1ccc(OC)cc1)NCC(=O)N1CCN(c2ccccc2)CC1.I. The highest BCUT2D eigenvalue weighted by Gasteiger charge is 2.21. The van der Waals surface area contributed by atoms with Crippen LogP contribution in [0.5, 0.6) is 5.75 Å². The van der Waals surface area contributed by atoms with E-state index in [0.29, 0.717) is 5.96 Å². The average Bonchev–Trinajstić information content (AvgIpc) is 2.82. The molecular formula is C23H32IN5O2. The number of anilines is 1. The minimum atomic E-state index is 0. The highest BCUT2D eigenvalue weighted by molar-refractivity contribution is 14.0. The summed E-state index contributed by atoms with van der Waals surface area (Å²) < 4.78 is 5.18. The monoisotopic (exact) mass is 537 g/mol. The number of hydrogen-bond donors (Lipinski definition) is 2. The van der Waals surface area contributed by atoms with Gasteiger partial charge in [-0.15, -0.1) is 24.0 Å². The second-order valence-corrected chi connectivity index (χ2v) is 7.15. The molecule has 3 rings (SSSR count). The molecule has 1 aliphatic heterocycles. The van der Waals surface area contributed by atoms with E-state index < -0.39 is 0 Å². The summed E-state index contributed by atoms with van der Waals surface area (Å²) in [5, 5.41) is 6.39. The normalized spacial score (nSPS) is 13.9. The predicted molar refractivity (Wildman–Crippen MR) is 137 cm³/mol. The number of aliphatic imine (C=N–C) groups is 1. The number of amides is 1. The summed E-state index contributed by atoms with van der Waals surface area (Å²) in [5.41, 5.74) is 2.43. The fourth-order valence-electron chi connectivity index (χ4n) is 3.46. The molecule has 1 fully saturated rings. The molecule has 1 heterocycles. The topological polar surface area (TPSA) is 69.2 Å². The lowest BCUT2D eigenvalue weighted by Gasteiger charge is -2.36. The van der Waals surface area contributed by atoms with Gasteiger partial charge in [-0.05, 0) is 36.2 Å². The van der Waals surface area contributed by atoms with Crippen molar-refractivity contribution in [1.82, 2.24) is 15.5 Å². The number of hydrogen-bond acceptors (Lipinski definition) is 4. The fraction of sp³-hybridized carbons (Fsp3) is 0.391. The van der Waals surface area contributed by atoms with Gasteiger partial charge in [0.2, 0.25) is 5.91 Å². The lowest BCUT2D eigenvalue weighted by atomic mass is 10.1. The molecule has 1 amide bonds. The number of carbonyl (C=O) groups is 1. The van der Waals surface area contributed by atoms with Crippen LogP contribution in [0.4, 0.5) is 5.69 Å². The smallest absolute Gasteiger partial charge is 0.242 e. The number of halogens is 1. The van der Waals surface area contributed by atoms with Gasteiger partial charge in [0.05, 0.1) is 13.7 Å². The van der Waals surface area contributed by atoms with Gasteiger partial charge in [-0.3, -0.25) is 9.79 Å². The molecule has 168 valence electrons. The molecule has 1 aliphatic rings. The van der Waals surface area contributed by atoms with E-state index in [1.165, 1.54) is 11.3 Å². The molecule has 0 aromatic heterocycles. The molecule has 31 heavy (non-hydrogen) atoms. The lowest BCUT2D eigenvalue weighted by Crippen LogP contribution is -2.52. The molecule has 0 aliphatic carbocycles. The van der Waals surface area contributed by atoms with Crippen molar-refractivity contribution in [1.29, 1.82) is 0 Å². The van der Waals surface area contributed by atoms with Crippen molar-refractivity contribution in [2.24, 2.45) is 4.99 Å². The van der Waals surface area contributed by atoms with Crippen LogP contribution in [0.25, 0.3) is 0 Å². The number of guanidine groups is 1. The quantitative estimate of drug-likeness (QED) is 0.323. The summed E-state index contributed by atoms with van der Waals surface area (Å²) in [6.45, 7) is 4.15. The van der Waals surface area contributed by atoms with Gasteiger partial charge in [-0.1, -0.05) is 30.3 Å². The van der Waals surface area contributed by atoms with E-state index in [9.17, 15) is 4.79 Å². The summed E-state index contributed by atoms with van der Waals surface area (Å²) in [6, 6.07) is 18.4. The first-order valence-corrected chi connectivity index (χ1v) is 10.3. The summed E-state index contributed by atoms with van der Waals surface area (Å²) in [5.74, 6) is 1.59. The Bertz CT molecular complexity index is 822. The number of para-hydroxylation sites is 1. The van der Waals surface area contributed by atoms with Crippen LogP contribution in [0, 0.1) is 0 Å². The number of rotatable bonds is 7. The second-order valence-electron chi connectivity index (χ2n) is 7.15. The zero-order chi connectivity index (χ0) is 21.2. The van der Waals surface area contributed by atoms with E-state index in [4.69, 9.17) is 4.74 Å². The number of benzene rings is 2. The maximum atomic E-state index is 12.6. The molecule has 7 nitrogen and oxygen atoms in total. The predicted octanol–water partition coefficient (Wildman–Crippen LogP) is 2.37. The second kappa shape index (κ2) is 13.0. The van der Waals surface area contributed by atoms with Crippen LogP contribution in [-0.4, -0.2) is 70.2 Å². The van der Waals surface area contributed by atoms with Gasteiger partial charge >= 0.3 is 0 Å². The van der Waals surface area contributed by atoms with Crippen LogP contribution in [0.3, 0.4) is 0 Å². The van der Waals surface area contributed by atoms with Gasteiger partial charge in [-0.2, -0.15) is 0 Å². The van der Waals surface area contributed by atoms with Gasteiger partial charge in [0.25, 0.3) is 0 Å². The summed E-state index contributed by atoms with van der Waals surface area (Å²) >= 11 is 0. The van der Waals surface area contributed by atoms with Crippen LogP contribution < -0.4 is 20.3 Å². The molecule has 0 atom stereocenters. The molecule has 2 aromatic carbocycles. The summed E-state index contributed by atoms with van der Waals surface area (Å²) in [4.78, 5) is 21.0. The van der Waals surface area contributed by atoms with E-state index in [1.54, 1.807) is 14.2 Å². The average molecular weight is 537 g/mol. The van der Waals surface area contributed by atoms with Gasteiger partial charge in [-0.25, -0.2) is 0 Å². The number of methoxy groups -OCH3 is 1. The van der Waals surface area contributed by atoms with E-state index in [0.717, 1.165) is 44.9 Å². The fourth-order valence-corrected chi connectivity index (χ4v) is 3.46. The third-order valence-electron chi connectivity index (χ3n) is 5.25. The van der Waals surface area contributed by atoms with E-state index in [1.807, 2.05) is 35.2 Å². The van der Waals surface area contributed by atoms with Crippen molar-refractivity contribution in [3.05, 3.63) is 60.2 Å². The first-order valence-electron chi connectivity index (χ1n) is 10.3. The third kappa shape index (κ3) is 7.61. The molecule has 8 heteroatoms. The molecule has 0 bridgehead atoms. The molecule has 0 unspecified atom stereocenters. The van der Waals surface area contributed by atoms with Crippen LogP contribution in [0.1, 0.15) is 5.56 Å². The summed E-state index contributed by atoms with van der Waals surface area (Å²) in [7, 11) is 3.38. The lowest BCUT2D eigenvalue weighted by molar-refractivity contribution is -0.130. The number of piperazine rings is 1. The van der Waals surface area contributed by atoms with E-state index in [2.05, 4.69) is 44.8 Å². The Morgan fingerprint density at radius 1 is 1.00 bits per heavy atom. The highest BCUT2D eigenvalue weighted by atomic mass is 127. The Morgan fingerprint density at radius 2 is 1.68 bits per heavy atom. The standard InChI is InChI=1S/C23H31N5O2.HI/c1-24-23(25-13-12-19-8-10-21(30-2)11-9-19)26-18-22(29)28-16-14-27(15-17-28)20-6-4-3-5-7-20;/h3-11H,12-18H2,1-2H3,(H2,24,25,26);1H.